The molecule has 6 rings (SSSR count). The number of rotatable bonds is 1. The largest absolute Gasteiger partial charge is 0.433 e. The third kappa shape index (κ3) is 3.43. The van der Waals surface area contributed by atoms with Gasteiger partial charge in [-0.3, -0.25) is 4.79 Å². The molecule has 0 amide bonds. The minimum Gasteiger partial charge on any atom is -0.433 e. The predicted octanol–water partition coefficient (Wildman–Crippen LogP) is 7.91. The molecule has 6 aliphatic rings. The van der Waals surface area contributed by atoms with Crippen LogP contribution < -0.4 is 0 Å². The zero-order chi connectivity index (χ0) is 27.5. The number of carbonyl (C=O) groups is 1. The molecule has 6 fully saturated rings. The summed E-state index contributed by atoms with van der Waals surface area (Å²) in [6, 6.07) is 0. The first-order chi connectivity index (χ1) is 17.6. The summed E-state index contributed by atoms with van der Waals surface area (Å²) in [5.41, 5.74) is 0.125. The number of carbonyl (C=O) groups excluding carboxylic acids is 1. The van der Waals surface area contributed by atoms with Gasteiger partial charge in [0.2, 0.25) is 5.79 Å². The van der Waals surface area contributed by atoms with Crippen molar-refractivity contribution in [2.75, 3.05) is 0 Å². The number of hydrogen-bond acceptors (Lipinski definition) is 4. The lowest BCUT2D eigenvalue weighted by Crippen LogP contribution is -2.67. The molecule has 38 heavy (non-hydrogen) atoms. The molecule has 5 aliphatic carbocycles. The van der Waals surface area contributed by atoms with Crippen LogP contribution in [0.15, 0.2) is 0 Å². The fraction of sp³-hybridized carbons (Fsp3) is 0.971. The van der Waals surface area contributed by atoms with Crippen LogP contribution in [0.5, 0.6) is 0 Å². The van der Waals surface area contributed by atoms with Gasteiger partial charge in [0.25, 0.3) is 0 Å². The molecule has 1 saturated heterocycles. The molecule has 4 nitrogen and oxygen atoms in total. The first kappa shape index (κ1) is 27.6. The van der Waals surface area contributed by atoms with Crippen LogP contribution in [0.3, 0.4) is 0 Å². The second-order valence-corrected chi connectivity index (χ2v) is 16.9. The second kappa shape index (κ2) is 8.46. The van der Waals surface area contributed by atoms with Crippen molar-refractivity contribution < 1.29 is 19.4 Å². The van der Waals surface area contributed by atoms with Crippen LogP contribution in [0.4, 0.5) is 0 Å². The van der Waals surface area contributed by atoms with Gasteiger partial charge in [-0.05, 0) is 110 Å². The molecule has 1 heterocycles. The van der Waals surface area contributed by atoms with E-state index in [-0.39, 0.29) is 39.7 Å². The fourth-order valence-corrected chi connectivity index (χ4v) is 12.7. The molecule has 0 radical (unpaired) electrons. The number of esters is 1. The summed E-state index contributed by atoms with van der Waals surface area (Å²) in [7, 11) is 0. The highest BCUT2D eigenvalue weighted by atomic mass is 16.7. The van der Waals surface area contributed by atoms with Gasteiger partial charge in [0, 0.05) is 17.8 Å². The second-order valence-electron chi connectivity index (χ2n) is 16.9. The Morgan fingerprint density at radius 2 is 1.45 bits per heavy atom. The zero-order valence-electron chi connectivity index (χ0n) is 25.7. The van der Waals surface area contributed by atoms with E-state index in [1.54, 1.807) is 0 Å². The van der Waals surface area contributed by atoms with Gasteiger partial charge in [0.1, 0.15) is 0 Å². The van der Waals surface area contributed by atoms with Gasteiger partial charge in [-0.2, -0.15) is 0 Å². The molecule has 216 valence electrons. The van der Waals surface area contributed by atoms with Gasteiger partial charge in [-0.15, -0.1) is 0 Å². The third-order valence-corrected chi connectivity index (χ3v) is 14.5. The maximum atomic E-state index is 13.6. The quantitative estimate of drug-likeness (QED) is 0.351. The van der Waals surface area contributed by atoms with E-state index < -0.39 is 11.4 Å². The molecule has 2 spiro atoms. The van der Waals surface area contributed by atoms with Crippen molar-refractivity contribution in [2.45, 2.75) is 150 Å². The van der Waals surface area contributed by atoms with Crippen LogP contribution in [-0.2, 0) is 14.3 Å². The Hall–Kier alpha value is -0.610. The Bertz CT molecular complexity index is 974. The van der Waals surface area contributed by atoms with E-state index in [4.69, 9.17) is 9.47 Å². The molecular formula is C34H56O4. The first-order valence-electron chi connectivity index (χ1n) is 16.2. The predicted molar refractivity (Wildman–Crippen MR) is 150 cm³/mol. The normalized spacial score (nSPS) is 55.9. The molecule has 1 aliphatic heterocycles. The maximum Gasteiger partial charge on any atom is 0.311 e. The van der Waals surface area contributed by atoms with Crippen molar-refractivity contribution in [2.24, 2.45) is 57.2 Å². The lowest BCUT2D eigenvalue weighted by Gasteiger charge is -2.69. The lowest BCUT2D eigenvalue weighted by atomic mass is 9.36. The zero-order valence-corrected chi connectivity index (χ0v) is 25.7. The van der Waals surface area contributed by atoms with Gasteiger partial charge in [-0.1, -0.05) is 55.4 Å². The number of ether oxygens (including phenoxy) is 2. The molecule has 1 N–H and O–H groups in total. The SMILES string of the molecule is CC(C)[C@@H]1CC[C@@H](C)C[C@]12OC(=O)C[C@@]1(CC[C@H]3[C@]4(C)CC[C@H]5C(C)(C)[C@@H](O)CC[C@]5(C)[C@H]4CC[C@@]31C)O2. The van der Waals surface area contributed by atoms with Gasteiger partial charge in [0.15, 0.2) is 0 Å². The average Bonchev–Trinajstić information content (AvgIpc) is 3.07. The minimum atomic E-state index is -0.746. The van der Waals surface area contributed by atoms with E-state index in [2.05, 4.69) is 55.4 Å². The standard InChI is InChI=1S/C34H56O4/c1-21(2)23-10-9-22(3)19-34(23)37-28(36)20-33(38-34)18-13-26-31(7)15-11-24-29(4,5)27(35)14-16-30(24,6)25(31)12-17-32(26,33)8/h21-27,35H,9-20H2,1-8H3/t22-,23+,24+,25-,26+,27+,30+,31-,32+,33-,34-/m1/s1. The summed E-state index contributed by atoms with van der Waals surface area (Å²) in [5, 5.41) is 11.0. The molecule has 0 unspecified atom stereocenters. The van der Waals surface area contributed by atoms with Crippen molar-refractivity contribution in [1.29, 1.82) is 0 Å². The lowest BCUT2D eigenvalue weighted by molar-refractivity contribution is -0.365. The molecule has 0 bridgehead atoms. The van der Waals surface area contributed by atoms with Crippen molar-refractivity contribution in [3.05, 3.63) is 0 Å². The van der Waals surface area contributed by atoms with Crippen molar-refractivity contribution in [1.82, 2.24) is 0 Å². The van der Waals surface area contributed by atoms with Gasteiger partial charge in [0.05, 0.1) is 18.1 Å². The smallest absolute Gasteiger partial charge is 0.311 e. The topological polar surface area (TPSA) is 55.8 Å². The van der Waals surface area contributed by atoms with Gasteiger partial charge in [-0.25, -0.2) is 0 Å². The van der Waals surface area contributed by atoms with Gasteiger partial charge < -0.3 is 14.6 Å². The molecule has 4 heteroatoms. The molecule has 0 aromatic carbocycles. The van der Waals surface area contributed by atoms with E-state index in [0.717, 1.165) is 38.5 Å². The van der Waals surface area contributed by atoms with Crippen LogP contribution in [0.2, 0.25) is 0 Å². The highest BCUT2D eigenvalue weighted by Crippen LogP contribution is 2.76. The summed E-state index contributed by atoms with van der Waals surface area (Å²) in [5.74, 6) is 2.30. The third-order valence-electron chi connectivity index (χ3n) is 14.5. The fourth-order valence-electron chi connectivity index (χ4n) is 12.7. The van der Waals surface area contributed by atoms with Crippen LogP contribution in [0, 0.1) is 57.2 Å². The summed E-state index contributed by atoms with van der Waals surface area (Å²) in [6.07, 6.45) is 12.5. The van der Waals surface area contributed by atoms with Crippen LogP contribution in [0.1, 0.15) is 132 Å². The van der Waals surface area contributed by atoms with E-state index >= 15 is 0 Å². The number of aliphatic hydroxyl groups excluding tert-OH is 1. The Kier molecular flexibility index (Phi) is 6.14. The summed E-state index contributed by atoms with van der Waals surface area (Å²) >= 11 is 0. The van der Waals surface area contributed by atoms with Crippen molar-refractivity contribution in [3.8, 4) is 0 Å². The van der Waals surface area contributed by atoms with E-state index in [0.29, 0.717) is 36.0 Å². The van der Waals surface area contributed by atoms with Crippen molar-refractivity contribution in [3.63, 3.8) is 0 Å². The van der Waals surface area contributed by atoms with E-state index in [1.165, 1.54) is 32.1 Å². The Morgan fingerprint density at radius 3 is 2.16 bits per heavy atom. The monoisotopic (exact) mass is 528 g/mol. The van der Waals surface area contributed by atoms with E-state index in [9.17, 15) is 9.90 Å². The number of hydrogen-bond donors (Lipinski definition) is 1. The summed E-state index contributed by atoms with van der Waals surface area (Å²) in [6.45, 7) is 19.3. The number of fused-ring (bicyclic) bond motifs is 6. The van der Waals surface area contributed by atoms with Crippen LogP contribution in [0.25, 0.3) is 0 Å². The van der Waals surface area contributed by atoms with Gasteiger partial charge >= 0.3 is 5.97 Å². The minimum absolute atomic E-state index is 0.000198. The van der Waals surface area contributed by atoms with Crippen LogP contribution >= 0.6 is 0 Å². The Morgan fingerprint density at radius 1 is 0.816 bits per heavy atom. The molecule has 0 aromatic rings. The molecule has 11 atom stereocenters. The molecule has 5 saturated carbocycles. The summed E-state index contributed by atoms with van der Waals surface area (Å²) in [4.78, 5) is 13.6. The average molecular weight is 529 g/mol. The van der Waals surface area contributed by atoms with Crippen molar-refractivity contribution >= 4 is 5.97 Å². The Labute approximate surface area is 232 Å². The Balaban J connectivity index is 1.36. The summed E-state index contributed by atoms with van der Waals surface area (Å²) < 4.78 is 13.8. The highest BCUT2D eigenvalue weighted by molar-refractivity contribution is 5.72. The number of aliphatic hydroxyl groups is 1. The maximum absolute atomic E-state index is 13.6. The molecule has 0 aromatic heterocycles. The van der Waals surface area contributed by atoms with E-state index in [1.807, 2.05) is 0 Å². The molecular weight excluding hydrogens is 472 g/mol. The van der Waals surface area contributed by atoms with Crippen LogP contribution in [-0.4, -0.2) is 28.6 Å². The highest BCUT2D eigenvalue weighted by Gasteiger charge is 2.73. The first-order valence-corrected chi connectivity index (χ1v) is 16.2.